The molecule has 25 heavy (non-hydrogen) atoms. The van der Waals surface area contributed by atoms with E-state index in [-0.39, 0.29) is 28.4 Å². The number of hydrogen-bond acceptors (Lipinski definition) is 5. The molecule has 0 fully saturated rings. The molecule has 9 heteroatoms. The van der Waals surface area contributed by atoms with Crippen LogP contribution in [0.2, 0.25) is 0 Å². The third-order valence-electron chi connectivity index (χ3n) is 3.44. The molecule has 1 aromatic carbocycles. The number of aromatic amines is 1. The van der Waals surface area contributed by atoms with E-state index in [4.69, 9.17) is 5.11 Å². The smallest absolute Gasteiger partial charge is 0.338 e. The van der Waals surface area contributed by atoms with Crippen LogP contribution in [0, 0.1) is 11.0 Å². The third kappa shape index (κ3) is 4.20. The largest absolute Gasteiger partial charge is 0.857 e. The summed E-state index contributed by atoms with van der Waals surface area (Å²) in [5.41, 5.74) is -0.972. The number of nitrogens with zero attached hydrogens (tertiary/aromatic N) is 3. The summed E-state index contributed by atoms with van der Waals surface area (Å²) < 4.78 is 14.2. The Hall–Kier alpha value is -2.78. The van der Waals surface area contributed by atoms with Gasteiger partial charge >= 0.3 is 5.56 Å². The molecule has 0 bridgehead atoms. The predicted octanol–water partition coefficient (Wildman–Crippen LogP) is -0.393. The molecule has 0 amide bonds. The Balaban J connectivity index is 0.000000277. The van der Waals surface area contributed by atoms with Crippen molar-refractivity contribution in [1.82, 2.24) is 10.2 Å². The van der Waals surface area contributed by atoms with Gasteiger partial charge < -0.3 is 19.9 Å². The fourth-order valence-corrected chi connectivity index (χ4v) is 2.17. The lowest BCUT2D eigenvalue weighted by molar-refractivity contribution is -0.870. The summed E-state index contributed by atoms with van der Waals surface area (Å²) in [7, 11) is 6.16. The van der Waals surface area contributed by atoms with Crippen molar-refractivity contribution in [2.45, 2.75) is 0 Å². The number of aliphatic hydroxyl groups is 1. The quantitative estimate of drug-likeness (QED) is 0.283. The van der Waals surface area contributed by atoms with Crippen molar-refractivity contribution in [2.24, 2.45) is 0 Å². The second-order valence-electron chi connectivity index (χ2n) is 6.50. The van der Waals surface area contributed by atoms with Gasteiger partial charge in [-0.05, 0) is 18.2 Å². The van der Waals surface area contributed by atoms with Gasteiger partial charge in [0.25, 0.3) is 5.52 Å². The molecular weight excluding hydrogens is 331 g/mol. The number of quaternary nitrogens is 1. The lowest BCUT2D eigenvalue weighted by Gasteiger charge is -2.21. The van der Waals surface area contributed by atoms with Gasteiger partial charge in [-0.3, -0.25) is 4.79 Å². The minimum Gasteiger partial charge on any atom is -0.857 e. The van der Waals surface area contributed by atoms with E-state index in [2.05, 4.69) is 26.2 Å². The van der Waals surface area contributed by atoms with Crippen LogP contribution in [0.3, 0.4) is 0 Å². The number of aliphatic hydroxyl groups excluding tert-OH is 1. The highest BCUT2D eigenvalue weighted by molar-refractivity contribution is 5.90. The lowest BCUT2D eigenvalue weighted by Crippen LogP contribution is -2.36. The zero-order valence-corrected chi connectivity index (χ0v) is 14.1. The molecule has 0 aliphatic rings. The van der Waals surface area contributed by atoms with Crippen LogP contribution in [0.15, 0.2) is 29.1 Å². The minimum absolute atomic E-state index is 0.111. The predicted molar refractivity (Wildman–Crippen MR) is 88.2 cm³/mol. The van der Waals surface area contributed by atoms with Crippen molar-refractivity contribution in [3.05, 3.63) is 45.6 Å². The van der Waals surface area contributed by atoms with Crippen LogP contribution in [0.5, 0.6) is 5.88 Å². The normalized spacial score (nSPS) is 11.4. The molecule has 3 rings (SSSR count). The van der Waals surface area contributed by atoms with E-state index in [0.29, 0.717) is 4.73 Å². The standard InChI is InChI=1S/C11H6FN3O3.C5H14NO/c12-6-1-2-8-5(3-6)4-7-9(15(8)18)11(17)14-13-10(7)16;1-6(2,3)4-5-7/h1-4H,(H,13,16)(H,14,17);7H,4-5H2,1-3H3/q;+1/p-1. The summed E-state index contributed by atoms with van der Waals surface area (Å²) in [6.45, 7) is 1.11. The van der Waals surface area contributed by atoms with Gasteiger partial charge in [0.2, 0.25) is 5.52 Å². The number of pyridine rings is 1. The van der Waals surface area contributed by atoms with E-state index in [0.717, 1.165) is 23.2 Å². The topological polar surface area (TPSA) is 116 Å². The van der Waals surface area contributed by atoms with E-state index in [9.17, 15) is 19.5 Å². The number of halogens is 1. The molecule has 2 heterocycles. The van der Waals surface area contributed by atoms with Gasteiger partial charge in [0.15, 0.2) is 0 Å². The van der Waals surface area contributed by atoms with Crippen LogP contribution in [0.25, 0.3) is 21.8 Å². The number of benzene rings is 1. The van der Waals surface area contributed by atoms with Crippen molar-refractivity contribution < 1.29 is 23.8 Å². The average molecular weight is 350 g/mol. The third-order valence-corrected chi connectivity index (χ3v) is 3.44. The highest BCUT2D eigenvalue weighted by Crippen LogP contribution is 2.20. The van der Waals surface area contributed by atoms with Crippen LogP contribution in [-0.4, -0.2) is 54.1 Å². The van der Waals surface area contributed by atoms with Crippen molar-refractivity contribution in [3.63, 3.8) is 0 Å². The Labute approximate surface area is 142 Å². The van der Waals surface area contributed by atoms with E-state index >= 15 is 0 Å². The van der Waals surface area contributed by atoms with Crippen LogP contribution >= 0.6 is 0 Å². The number of rotatable bonds is 2. The average Bonchev–Trinajstić information content (AvgIpc) is 2.50. The fraction of sp³-hybridized carbons (Fsp3) is 0.312. The first kappa shape index (κ1) is 18.6. The first-order chi connectivity index (χ1) is 11.6. The first-order valence-electron chi connectivity index (χ1n) is 7.46. The lowest BCUT2D eigenvalue weighted by atomic mass is 10.1. The van der Waals surface area contributed by atoms with Gasteiger partial charge in [0.1, 0.15) is 12.4 Å². The van der Waals surface area contributed by atoms with Crippen LogP contribution in [-0.2, 0) is 0 Å². The summed E-state index contributed by atoms with van der Waals surface area (Å²) in [5, 5.41) is 37.1. The fourth-order valence-electron chi connectivity index (χ4n) is 2.17. The summed E-state index contributed by atoms with van der Waals surface area (Å²) in [5.74, 6) is -1.27. The Morgan fingerprint density at radius 3 is 2.56 bits per heavy atom. The zero-order chi connectivity index (χ0) is 18.8. The monoisotopic (exact) mass is 350 g/mol. The summed E-state index contributed by atoms with van der Waals surface area (Å²) >= 11 is 0. The maximum Gasteiger partial charge on any atom is 0.338 e. The first-order valence-corrected chi connectivity index (χ1v) is 7.46. The number of fused-ring (bicyclic) bond motifs is 2. The maximum absolute atomic E-state index is 13.1. The van der Waals surface area contributed by atoms with Gasteiger partial charge in [-0.1, -0.05) is 0 Å². The molecule has 2 aromatic heterocycles. The SMILES string of the molecule is C[N+](C)(C)CCO.O=c1[nH]nc([O-])c2cc3cc(F)ccc3[n+]([O-])c12. The Bertz CT molecular complexity index is 966. The van der Waals surface area contributed by atoms with Crippen molar-refractivity contribution in [2.75, 3.05) is 34.3 Å². The molecule has 0 atom stereocenters. The molecule has 134 valence electrons. The van der Waals surface area contributed by atoms with Gasteiger partial charge in [-0.25, -0.2) is 9.49 Å². The number of H-pyrrole nitrogens is 1. The van der Waals surface area contributed by atoms with Crippen LogP contribution < -0.4 is 15.4 Å². The van der Waals surface area contributed by atoms with Gasteiger partial charge in [-0.15, -0.1) is 0 Å². The van der Waals surface area contributed by atoms with Gasteiger partial charge in [0.05, 0.1) is 38.5 Å². The van der Waals surface area contributed by atoms with E-state index in [1.165, 1.54) is 12.1 Å². The molecule has 0 radical (unpaired) electrons. The molecule has 0 unspecified atom stereocenters. The molecule has 0 saturated carbocycles. The van der Waals surface area contributed by atoms with Crippen molar-refractivity contribution in [1.29, 1.82) is 0 Å². The maximum atomic E-state index is 13.1. The second kappa shape index (κ2) is 6.99. The van der Waals surface area contributed by atoms with Gasteiger partial charge in [0, 0.05) is 11.9 Å². The molecule has 3 aromatic rings. The summed E-state index contributed by atoms with van der Waals surface area (Å²) in [6, 6.07) is 4.76. The number of likely N-dealkylation sites (N-methyl/N-ethyl adjacent to an activating group) is 1. The highest BCUT2D eigenvalue weighted by Gasteiger charge is 2.15. The Morgan fingerprint density at radius 2 is 2.00 bits per heavy atom. The van der Waals surface area contributed by atoms with Gasteiger partial charge in [-0.2, -0.15) is 9.83 Å². The highest BCUT2D eigenvalue weighted by atomic mass is 19.1. The zero-order valence-electron chi connectivity index (χ0n) is 14.1. The van der Waals surface area contributed by atoms with Crippen molar-refractivity contribution in [3.8, 4) is 5.88 Å². The molecular formula is C16H19FN4O4. The van der Waals surface area contributed by atoms with Crippen LogP contribution in [0.1, 0.15) is 0 Å². The molecule has 0 aliphatic carbocycles. The minimum atomic E-state index is -0.758. The molecule has 8 nitrogen and oxygen atoms in total. The second-order valence-corrected chi connectivity index (χ2v) is 6.50. The molecule has 0 saturated heterocycles. The molecule has 0 aliphatic heterocycles. The summed E-state index contributed by atoms with van der Waals surface area (Å²) in [6.07, 6.45) is 0. The van der Waals surface area contributed by atoms with E-state index in [1.807, 2.05) is 5.10 Å². The number of aromatic nitrogens is 3. The Morgan fingerprint density at radius 1 is 1.32 bits per heavy atom. The van der Waals surface area contributed by atoms with E-state index < -0.39 is 17.3 Å². The molecule has 0 spiro atoms. The number of nitrogens with one attached hydrogen (secondary N) is 1. The summed E-state index contributed by atoms with van der Waals surface area (Å²) in [4.78, 5) is 11.5. The molecule has 2 N–H and O–H groups in total. The Kier molecular flexibility index (Phi) is 5.19. The van der Waals surface area contributed by atoms with Crippen LogP contribution in [0.4, 0.5) is 4.39 Å². The van der Waals surface area contributed by atoms with Crippen molar-refractivity contribution >= 4 is 21.8 Å². The van der Waals surface area contributed by atoms with E-state index in [1.54, 1.807) is 0 Å². The number of hydrogen-bond donors (Lipinski definition) is 2.